The van der Waals surface area contributed by atoms with Gasteiger partial charge < -0.3 is 10.2 Å². The van der Waals surface area contributed by atoms with E-state index in [-0.39, 0.29) is 23.6 Å². The summed E-state index contributed by atoms with van der Waals surface area (Å²) in [5, 5.41) is 3.03. The molecule has 0 aromatic heterocycles. The van der Waals surface area contributed by atoms with Crippen LogP contribution < -0.4 is 5.32 Å². The van der Waals surface area contributed by atoms with Gasteiger partial charge >= 0.3 is 0 Å². The molecule has 1 saturated heterocycles. The molecule has 224 valence electrons. The standard InChI is InChI=1S/C31H43IN4O4S/c1-23(34(5)32)28(37)33-27(30(2,3)4)29(38)35-19-12-18-31(35)21-26(31)36(20-17-24-13-8-6-9-14-24)41(39,40)22-25-15-10-7-11-16-25/h6-11,13-16,23,26-27H,12,17-22H2,1-5H3,(H,33,37)/t23-,26?,27+,31?/m0/s1. The van der Waals surface area contributed by atoms with E-state index in [1.54, 1.807) is 7.42 Å². The number of hydrogen-bond donors (Lipinski definition) is 1. The number of carbonyl (C=O) groups excluding carboxylic acids is 2. The monoisotopic (exact) mass is 694 g/mol. The van der Waals surface area contributed by atoms with Gasteiger partial charge in [-0.1, -0.05) is 81.4 Å². The highest BCUT2D eigenvalue weighted by molar-refractivity contribution is 14.1. The maximum Gasteiger partial charge on any atom is 0.246 e. The fraction of sp³-hybridized carbons (Fsp3) is 0.548. The first-order chi connectivity index (χ1) is 19.3. The molecule has 2 aliphatic rings. The summed E-state index contributed by atoms with van der Waals surface area (Å²) in [4.78, 5) is 29.1. The Morgan fingerprint density at radius 1 is 1.07 bits per heavy atom. The van der Waals surface area contributed by atoms with Crippen molar-refractivity contribution in [2.45, 2.75) is 82.8 Å². The van der Waals surface area contributed by atoms with Gasteiger partial charge in [0.15, 0.2) is 0 Å². The van der Waals surface area contributed by atoms with Gasteiger partial charge in [-0.25, -0.2) is 11.5 Å². The van der Waals surface area contributed by atoms with Crippen LogP contribution in [-0.4, -0.2) is 76.4 Å². The predicted molar refractivity (Wildman–Crippen MR) is 171 cm³/mol. The zero-order chi connectivity index (χ0) is 30.0. The van der Waals surface area contributed by atoms with Crippen molar-refractivity contribution in [3.63, 3.8) is 0 Å². The van der Waals surface area contributed by atoms with Crippen LogP contribution in [0.25, 0.3) is 0 Å². The average molecular weight is 695 g/mol. The largest absolute Gasteiger partial charge is 0.342 e. The molecule has 1 aliphatic carbocycles. The Morgan fingerprint density at radius 3 is 2.22 bits per heavy atom. The molecule has 1 heterocycles. The van der Waals surface area contributed by atoms with Crippen molar-refractivity contribution in [2.24, 2.45) is 5.41 Å². The van der Waals surface area contributed by atoms with Crippen molar-refractivity contribution in [3.05, 3.63) is 71.8 Å². The molecule has 1 N–H and O–H groups in total. The van der Waals surface area contributed by atoms with Crippen molar-refractivity contribution in [3.8, 4) is 0 Å². The van der Waals surface area contributed by atoms with Gasteiger partial charge in [0.05, 0.1) is 23.4 Å². The zero-order valence-corrected chi connectivity index (χ0v) is 27.7. The molecule has 10 heteroatoms. The van der Waals surface area contributed by atoms with Crippen molar-refractivity contribution in [1.82, 2.24) is 17.6 Å². The van der Waals surface area contributed by atoms with E-state index in [2.05, 4.69) is 28.2 Å². The van der Waals surface area contributed by atoms with Crippen LogP contribution in [0.2, 0.25) is 0 Å². The SMILES string of the molecule is C[C@@H](C(=O)N[C@H](C(=O)N1CCCC12CC2N(CCc1ccccc1)S(=O)(=O)Cc1ccccc1)C(C)(C)C)N(C)I. The van der Waals surface area contributed by atoms with Crippen LogP contribution in [0.15, 0.2) is 60.7 Å². The third-order valence-corrected chi connectivity index (χ3v) is 11.2. The molecule has 1 saturated carbocycles. The van der Waals surface area contributed by atoms with E-state index in [4.69, 9.17) is 0 Å². The Hall–Kier alpha value is -2.02. The second-order valence-corrected chi connectivity index (χ2v) is 16.0. The van der Waals surface area contributed by atoms with Gasteiger partial charge in [-0.2, -0.15) is 4.31 Å². The van der Waals surface area contributed by atoms with Gasteiger partial charge in [-0.3, -0.25) is 9.59 Å². The second kappa shape index (κ2) is 12.7. The number of likely N-dealkylation sites (N-methyl/N-ethyl adjacent to an activating group) is 1. The van der Waals surface area contributed by atoms with Crippen molar-refractivity contribution >= 4 is 44.7 Å². The third kappa shape index (κ3) is 7.32. The van der Waals surface area contributed by atoms with Gasteiger partial charge in [0.25, 0.3) is 0 Å². The van der Waals surface area contributed by atoms with Crippen LogP contribution in [0.5, 0.6) is 0 Å². The normalized spacial score (nSPS) is 22.2. The van der Waals surface area contributed by atoms with Crippen LogP contribution in [0, 0.1) is 5.41 Å². The van der Waals surface area contributed by atoms with Gasteiger partial charge in [0, 0.05) is 36.0 Å². The quantitative estimate of drug-likeness (QED) is 0.279. The van der Waals surface area contributed by atoms with E-state index in [0.29, 0.717) is 25.9 Å². The van der Waals surface area contributed by atoms with Crippen molar-refractivity contribution in [1.29, 1.82) is 0 Å². The highest BCUT2D eigenvalue weighted by Gasteiger charge is 2.66. The molecular weight excluding hydrogens is 651 g/mol. The Labute approximate surface area is 259 Å². The molecule has 0 bridgehead atoms. The summed E-state index contributed by atoms with van der Waals surface area (Å²) in [5.74, 6) is -0.408. The lowest BCUT2D eigenvalue weighted by atomic mass is 9.85. The minimum absolute atomic E-state index is 0.0778. The van der Waals surface area contributed by atoms with E-state index < -0.39 is 33.1 Å². The first-order valence-electron chi connectivity index (χ1n) is 14.3. The molecule has 41 heavy (non-hydrogen) atoms. The van der Waals surface area contributed by atoms with E-state index in [1.165, 1.54) is 0 Å². The summed E-state index contributed by atoms with van der Waals surface area (Å²) in [5.41, 5.74) is 0.760. The molecular formula is C31H43IN4O4S. The topological polar surface area (TPSA) is 90.0 Å². The van der Waals surface area contributed by atoms with Crippen molar-refractivity contribution < 1.29 is 18.0 Å². The Morgan fingerprint density at radius 2 is 1.66 bits per heavy atom. The number of sulfonamides is 1. The van der Waals surface area contributed by atoms with Gasteiger partial charge in [0.2, 0.25) is 21.8 Å². The summed E-state index contributed by atoms with van der Waals surface area (Å²) < 4.78 is 31.4. The summed E-state index contributed by atoms with van der Waals surface area (Å²) >= 11 is 2.07. The summed E-state index contributed by atoms with van der Waals surface area (Å²) in [6.07, 6.45) is 2.77. The number of rotatable bonds is 11. The number of nitrogens with one attached hydrogen (secondary N) is 1. The molecule has 2 aromatic rings. The highest BCUT2D eigenvalue weighted by atomic mass is 127. The van der Waals surface area contributed by atoms with Crippen LogP contribution >= 0.6 is 22.9 Å². The van der Waals surface area contributed by atoms with Gasteiger partial charge in [-0.15, -0.1) is 0 Å². The molecule has 2 aromatic carbocycles. The molecule has 2 fully saturated rings. The lowest BCUT2D eigenvalue weighted by Crippen LogP contribution is -2.59. The van der Waals surface area contributed by atoms with E-state index >= 15 is 0 Å². The second-order valence-electron chi connectivity index (χ2n) is 12.5. The third-order valence-electron chi connectivity index (χ3n) is 8.48. The van der Waals surface area contributed by atoms with Crippen LogP contribution in [0.4, 0.5) is 0 Å². The number of nitrogens with zero attached hydrogens (tertiary/aromatic N) is 3. The van der Waals surface area contributed by atoms with Crippen LogP contribution in [0.3, 0.4) is 0 Å². The Bertz CT molecular complexity index is 1320. The zero-order valence-electron chi connectivity index (χ0n) is 24.7. The van der Waals surface area contributed by atoms with Crippen LogP contribution in [-0.2, 0) is 31.8 Å². The summed E-state index contributed by atoms with van der Waals surface area (Å²) in [6, 6.07) is 17.8. The van der Waals surface area contributed by atoms with Gasteiger partial charge in [0.1, 0.15) is 6.04 Å². The van der Waals surface area contributed by atoms with E-state index in [1.807, 2.05) is 100 Å². The maximum absolute atomic E-state index is 14.2. The summed E-state index contributed by atoms with van der Waals surface area (Å²) in [7, 11) is -1.84. The molecule has 2 amide bonds. The van der Waals surface area contributed by atoms with E-state index in [9.17, 15) is 18.0 Å². The molecule has 8 nitrogen and oxygen atoms in total. The fourth-order valence-corrected chi connectivity index (χ4v) is 7.96. The number of amides is 2. The minimum atomic E-state index is -3.66. The van der Waals surface area contributed by atoms with Crippen molar-refractivity contribution in [2.75, 3.05) is 20.1 Å². The fourth-order valence-electron chi connectivity index (χ4n) is 5.90. The van der Waals surface area contributed by atoms with Crippen LogP contribution in [0.1, 0.15) is 58.1 Å². The minimum Gasteiger partial charge on any atom is -0.342 e. The first-order valence-corrected chi connectivity index (χ1v) is 16.9. The Balaban J connectivity index is 1.60. The Kier molecular flexibility index (Phi) is 9.87. The number of likely N-dealkylation sites (tertiary alicyclic amines) is 1. The molecule has 0 radical (unpaired) electrons. The number of benzene rings is 2. The highest BCUT2D eigenvalue weighted by Crippen LogP contribution is 2.54. The number of carbonyl (C=O) groups is 2. The maximum atomic E-state index is 14.2. The lowest BCUT2D eigenvalue weighted by molar-refractivity contribution is -0.141. The molecule has 2 unspecified atom stereocenters. The predicted octanol–water partition coefficient (Wildman–Crippen LogP) is 4.40. The lowest BCUT2D eigenvalue weighted by Gasteiger charge is -2.38. The molecule has 4 rings (SSSR count). The average Bonchev–Trinajstić information content (AvgIpc) is 3.45. The molecule has 4 atom stereocenters. The molecule has 1 aliphatic heterocycles. The number of halogens is 1. The smallest absolute Gasteiger partial charge is 0.246 e. The number of hydrogen-bond acceptors (Lipinski definition) is 5. The summed E-state index contributed by atoms with van der Waals surface area (Å²) in [6.45, 7) is 8.59. The van der Waals surface area contributed by atoms with E-state index in [0.717, 1.165) is 24.0 Å². The molecule has 1 spiro atoms. The van der Waals surface area contributed by atoms with Gasteiger partial charge in [-0.05, 0) is 56.2 Å². The first kappa shape index (κ1) is 31.9.